The third-order valence-electron chi connectivity index (χ3n) is 4.89. The average Bonchev–Trinajstić information content (AvgIpc) is 2.86. The fraction of sp³-hybridized carbons (Fsp3) is 0.211. The molecule has 0 aliphatic heterocycles. The molecular weight excluding hydrogens is 331 g/mol. The highest BCUT2D eigenvalue weighted by atomic mass is 19.1. The smallest absolute Gasteiger partial charge is 0.306 e. The number of carbonyl (C=O) groups is 1. The van der Waals surface area contributed by atoms with Crippen molar-refractivity contribution in [1.82, 2.24) is 4.98 Å². The van der Waals surface area contributed by atoms with Crippen LogP contribution < -0.4 is 0 Å². The van der Waals surface area contributed by atoms with E-state index in [1.54, 1.807) is 12.1 Å². The number of aromatic nitrogens is 1. The van der Waals surface area contributed by atoms with Crippen molar-refractivity contribution >= 4 is 16.9 Å². The Kier molecular flexibility index (Phi) is 3.56. The van der Waals surface area contributed by atoms with Crippen LogP contribution in [0, 0.1) is 23.4 Å². The summed E-state index contributed by atoms with van der Waals surface area (Å²) in [5, 5.41) is 9.51. The van der Waals surface area contributed by atoms with Gasteiger partial charge in [0.25, 0.3) is 0 Å². The van der Waals surface area contributed by atoms with E-state index in [2.05, 4.69) is 4.98 Å². The fourth-order valence-electron chi connectivity index (χ4n) is 3.56. The number of carboxylic acids is 1. The van der Waals surface area contributed by atoms with Gasteiger partial charge in [0.15, 0.2) is 0 Å². The molecule has 6 heteroatoms. The average molecular weight is 345 g/mol. The molecule has 0 radical (unpaired) electrons. The van der Waals surface area contributed by atoms with Crippen molar-refractivity contribution in [2.45, 2.75) is 18.8 Å². The van der Waals surface area contributed by atoms with Gasteiger partial charge < -0.3 is 10.1 Å². The summed E-state index contributed by atoms with van der Waals surface area (Å²) in [6.07, 6.45) is 0.823. The number of halogens is 3. The van der Waals surface area contributed by atoms with Crippen molar-refractivity contribution in [3.8, 4) is 11.3 Å². The van der Waals surface area contributed by atoms with Gasteiger partial charge in [-0.15, -0.1) is 0 Å². The minimum Gasteiger partial charge on any atom is -0.481 e. The van der Waals surface area contributed by atoms with Crippen LogP contribution in [0.4, 0.5) is 13.2 Å². The number of hydrogen-bond acceptors (Lipinski definition) is 1. The molecule has 128 valence electrons. The summed E-state index contributed by atoms with van der Waals surface area (Å²) >= 11 is 0. The van der Waals surface area contributed by atoms with Gasteiger partial charge in [-0.2, -0.15) is 0 Å². The van der Waals surface area contributed by atoms with Crippen LogP contribution in [0.1, 0.15) is 24.3 Å². The minimum atomic E-state index is -0.864. The molecule has 0 unspecified atom stereocenters. The van der Waals surface area contributed by atoms with E-state index >= 15 is 0 Å². The molecule has 1 aliphatic rings. The van der Waals surface area contributed by atoms with Gasteiger partial charge in [0.1, 0.15) is 17.5 Å². The molecule has 4 rings (SSSR count). The molecule has 1 aliphatic carbocycles. The Morgan fingerprint density at radius 1 is 1.04 bits per heavy atom. The predicted octanol–water partition coefficient (Wildman–Crippen LogP) is 4.83. The molecule has 25 heavy (non-hydrogen) atoms. The number of hydrogen-bond donors (Lipinski definition) is 2. The van der Waals surface area contributed by atoms with Gasteiger partial charge in [-0.1, -0.05) is 0 Å². The Balaban J connectivity index is 1.89. The summed E-state index contributed by atoms with van der Waals surface area (Å²) in [5.74, 6) is -3.22. The van der Waals surface area contributed by atoms with Gasteiger partial charge in [-0.25, -0.2) is 13.2 Å². The van der Waals surface area contributed by atoms with Gasteiger partial charge in [0, 0.05) is 11.5 Å². The Bertz CT molecular complexity index is 972. The third kappa shape index (κ3) is 2.58. The third-order valence-corrected chi connectivity index (χ3v) is 4.89. The zero-order valence-electron chi connectivity index (χ0n) is 13.0. The van der Waals surface area contributed by atoms with E-state index in [9.17, 15) is 18.0 Å². The van der Waals surface area contributed by atoms with Crippen LogP contribution in [0.15, 0.2) is 36.4 Å². The van der Waals surface area contributed by atoms with E-state index in [1.807, 2.05) is 0 Å². The van der Waals surface area contributed by atoms with Crippen LogP contribution in [0.3, 0.4) is 0 Å². The first-order valence-corrected chi connectivity index (χ1v) is 7.93. The summed E-state index contributed by atoms with van der Waals surface area (Å²) < 4.78 is 41.1. The summed E-state index contributed by atoms with van der Waals surface area (Å²) in [6.45, 7) is 0. The molecule has 1 saturated carbocycles. The van der Waals surface area contributed by atoms with Gasteiger partial charge in [0.05, 0.1) is 17.1 Å². The van der Waals surface area contributed by atoms with E-state index in [1.165, 1.54) is 18.2 Å². The second kappa shape index (κ2) is 5.65. The number of benzene rings is 2. The Morgan fingerprint density at radius 3 is 2.36 bits per heavy atom. The van der Waals surface area contributed by atoms with Crippen molar-refractivity contribution < 1.29 is 23.1 Å². The maximum absolute atomic E-state index is 14.2. The van der Waals surface area contributed by atoms with Crippen LogP contribution in [0.25, 0.3) is 22.2 Å². The van der Waals surface area contributed by atoms with E-state index in [0.29, 0.717) is 35.0 Å². The largest absolute Gasteiger partial charge is 0.481 e. The predicted molar refractivity (Wildman–Crippen MR) is 86.7 cm³/mol. The Morgan fingerprint density at radius 2 is 1.72 bits per heavy atom. The lowest BCUT2D eigenvalue weighted by atomic mass is 9.70. The molecular formula is C19H14F3NO2. The number of aromatic amines is 1. The topological polar surface area (TPSA) is 53.1 Å². The van der Waals surface area contributed by atoms with Crippen LogP contribution in [0.5, 0.6) is 0 Å². The van der Waals surface area contributed by atoms with Gasteiger partial charge in [0.2, 0.25) is 0 Å². The van der Waals surface area contributed by atoms with Gasteiger partial charge in [-0.05, 0) is 60.2 Å². The first-order valence-electron chi connectivity index (χ1n) is 7.93. The monoisotopic (exact) mass is 345 g/mol. The lowest BCUT2D eigenvalue weighted by Crippen LogP contribution is -2.28. The molecule has 3 aromatic rings. The first-order chi connectivity index (χ1) is 11.9. The SMILES string of the molecule is O=C(O)C1CC(c2c(-c3ccc(F)cc3)[nH]c3c(F)cc(F)cc23)C1. The summed E-state index contributed by atoms with van der Waals surface area (Å²) in [5.41, 5.74) is 2.09. The molecule has 0 atom stereocenters. The molecule has 1 fully saturated rings. The number of nitrogens with one attached hydrogen (secondary N) is 1. The normalized spacial score (nSPS) is 19.8. The van der Waals surface area contributed by atoms with E-state index < -0.39 is 29.3 Å². The molecule has 0 saturated heterocycles. The van der Waals surface area contributed by atoms with E-state index in [-0.39, 0.29) is 11.4 Å². The molecule has 0 bridgehead atoms. The highest BCUT2D eigenvalue weighted by Crippen LogP contribution is 2.48. The molecule has 1 heterocycles. The molecule has 0 spiro atoms. The maximum atomic E-state index is 14.2. The van der Waals surface area contributed by atoms with Crippen molar-refractivity contribution in [3.63, 3.8) is 0 Å². The number of rotatable bonds is 3. The van der Waals surface area contributed by atoms with Crippen molar-refractivity contribution in [1.29, 1.82) is 0 Å². The van der Waals surface area contributed by atoms with Crippen molar-refractivity contribution in [3.05, 3.63) is 59.4 Å². The summed E-state index contributed by atoms with van der Waals surface area (Å²) in [7, 11) is 0. The van der Waals surface area contributed by atoms with Gasteiger partial charge >= 0.3 is 5.97 Å². The summed E-state index contributed by atoms with van der Waals surface area (Å²) in [6, 6.07) is 7.77. The molecule has 0 amide bonds. The van der Waals surface area contributed by atoms with Crippen molar-refractivity contribution in [2.75, 3.05) is 0 Å². The number of carboxylic acid groups (broad SMARTS) is 1. The standard InChI is InChI=1S/C19H14F3NO2/c20-12-3-1-9(2-4-12)17-16(10-5-11(6-10)19(24)25)14-7-13(21)8-15(22)18(14)23-17/h1-4,7-8,10-11,23H,5-6H2,(H,24,25). The van der Waals surface area contributed by atoms with E-state index in [0.717, 1.165) is 6.07 Å². The highest BCUT2D eigenvalue weighted by Gasteiger charge is 2.38. The Hall–Kier alpha value is -2.76. The van der Waals surface area contributed by atoms with Crippen LogP contribution in [-0.4, -0.2) is 16.1 Å². The minimum absolute atomic E-state index is 0.115. The molecule has 1 aromatic heterocycles. The lowest BCUT2D eigenvalue weighted by Gasteiger charge is -2.33. The van der Waals surface area contributed by atoms with Crippen LogP contribution in [0.2, 0.25) is 0 Å². The van der Waals surface area contributed by atoms with E-state index in [4.69, 9.17) is 5.11 Å². The molecule has 2 aromatic carbocycles. The van der Waals surface area contributed by atoms with Gasteiger partial charge in [-0.3, -0.25) is 4.79 Å². The first kappa shape index (κ1) is 15.7. The maximum Gasteiger partial charge on any atom is 0.306 e. The zero-order valence-corrected chi connectivity index (χ0v) is 13.0. The quantitative estimate of drug-likeness (QED) is 0.714. The summed E-state index contributed by atoms with van der Waals surface area (Å²) in [4.78, 5) is 14.1. The number of aliphatic carboxylic acids is 1. The van der Waals surface area contributed by atoms with Crippen molar-refractivity contribution in [2.24, 2.45) is 5.92 Å². The Labute approximate surface area is 141 Å². The number of fused-ring (bicyclic) bond motifs is 1. The second-order valence-electron chi connectivity index (χ2n) is 6.43. The molecule has 2 N–H and O–H groups in total. The molecule has 3 nitrogen and oxygen atoms in total. The lowest BCUT2D eigenvalue weighted by molar-refractivity contribution is -0.145. The number of H-pyrrole nitrogens is 1. The van der Waals surface area contributed by atoms with Crippen LogP contribution >= 0.6 is 0 Å². The van der Waals surface area contributed by atoms with Crippen LogP contribution in [-0.2, 0) is 4.79 Å². The fourth-order valence-corrected chi connectivity index (χ4v) is 3.56. The highest BCUT2D eigenvalue weighted by molar-refractivity contribution is 5.92. The zero-order chi connectivity index (χ0) is 17.7. The second-order valence-corrected chi connectivity index (χ2v) is 6.43.